The molecule has 0 spiro atoms. The van der Waals surface area contributed by atoms with Crippen molar-refractivity contribution in [1.29, 1.82) is 0 Å². The predicted molar refractivity (Wildman–Crippen MR) is 122 cm³/mol. The van der Waals surface area contributed by atoms with Crippen LogP contribution in [0.4, 0.5) is 19.3 Å². The summed E-state index contributed by atoms with van der Waals surface area (Å²) < 4.78 is 34.4. The minimum atomic E-state index is -2.97. The highest BCUT2D eigenvalue weighted by Gasteiger charge is 2.49. The van der Waals surface area contributed by atoms with Gasteiger partial charge in [-0.15, -0.1) is 0 Å². The Morgan fingerprint density at radius 3 is 2.40 bits per heavy atom. The molecule has 9 nitrogen and oxygen atoms in total. The maximum Gasteiger partial charge on any atom is 0.387 e. The van der Waals surface area contributed by atoms with Crippen LogP contribution in [0.1, 0.15) is 18.1 Å². The van der Waals surface area contributed by atoms with Crippen LogP contribution in [0.5, 0.6) is 5.75 Å². The van der Waals surface area contributed by atoms with Gasteiger partial charge in [0, 0.05) is 25.3 Å². The Bertz CT molecular complexity index is 1070. The van der Waals surface area contributed by atoms with E-state index in [9.17, 15) is 23.2 Å². The summed E-state index contributed by atoms with van der Waals surface area (Å²) in [4.78, 5) is 41.2. The molecule has 2 aromatic rings. The van der Waals surface area contributed by atoms with Gasteiger partial charge in [0.15, 0.2) is 0 Å². The zero-order valence-electron chi connectivity index (χ0n) is 19.1. The van der Waals surface area contributed by atoms with Gasteiger partial charge in [0.25, 0.3) is 5.91 Å². The summed E-state index contributed by atoms with van der Waals surface area (Å²) in [6.07, 6.45) is 0. The second-order valence-electron chi connectivity index (χ2n) is 8.48. The van der Waals surface area contributed by atoms with E-state index in [0.29, 0.717) is 24.5 Å². The zero-order chi connectivity index (χ0) is 25.0. The van der Waals surface area contributed by atoms with Crippen LogP contribution >= 0.6 is 0 Å². The van der Waals surface area contributed by atoms with Crippen molar-refractivity contribution in [1.82, 2.24) is 15.1 Å². The van der Waals surface area contributed by atoms with Gasteiger partial charge in [0.05, 0.1) is 13.2 Å². The lowest BCUT2D eigenvalue weighted by Crippen LogP contribution is -2.42. The number of hydrogen-bond acceptors (Lipinski definition) is 6. The van der Waals surface area contributed by atoms with E-state index in [2.05, 4.69) is 20.3 Å². The highest BCUT2D eigenvalue weighted by atomic mass is 19.3. The summed E-state index contributed by atoms with van der Waals surface area (Å²) in [6, 6.07) is 12.0. The highest BCUT2D eigenvalue weighted by molar-refractivity contribution is 6.10. The van der Waals surface area contributed by atoms with Crippen LogP contribution in [-0.4, -0.2) is 67.1 Å². The summed E-state index contributed by atoms with van der Waals surface area (Å²) in [5, 5.41) is 5.28. The second kappa shape index (κ2) is 10.4. The third kappa shape index (κ3) is 5.75. The fraction of sp³-hybridized carbons (Fsp3) is 0.375. The number of imide groups is 1. The third-order valence-electron chi connectivity index (χ3n) is 5.98. The molecule has 0 aliphatic carbocycles. The van der Waals surface area contributed by atoms with E-state index in [1.165, 1.54) is 31.2 Å². The largest absolute Gasteiger partial charge is 0.435 e. The second-order valence-corrected chi connectivity index (χ2v) is 8.48. The average molecular weight is 488 g/mol. The van der Waals surface area contributed by atoms with E-state index in [0.717, 1.165) is 30.1 Å². The summed E-state index contributed by atoms with van der Waals surface area (Å²) >= 11 is 0. The number of nitrogens with zero attached hydrogens (tertiary/aromatic N) is 2. The minimum absolute atomic E-state index is 0.0729. The quantitative estimate of drug-likeness (QED) is 0.554. The van der Waals surface area contributed by atoms with Crippen molar-refractivity contribution in [2.24, 2.45) is 0 Å². The maximum absolute atomic E-state index is 13.0. The van der Waals surface area contributed by atoms with Crippen LogP contribution < -0.4 is 15.4 Å². The van der Waals surface area contributed by atoms with Crippen molar-refractivity contribution in [3.8, 4) is 5.75 Å². The van der Waals surface area contributed by atoms with Gasteiger partial charge in [-0.3, -0.25) is 19.4 Å². The number of carbonyl (C=O) groups is 3. The number of halogens is 2. The SMILES string of the molecule is C[C@]1(c2ccc(OC(F)F)cc2)NC(=O)N(CC(=O)Nc2ccc(CN3CCOCC3)cc2)C1=O. The molecule has 2 heterocycles. The van der Waals surface area contributed by atoms with Gasteiger partial charge in [-0.2, -0.15) is 8.78 Å². The van der Waals surface area contributed by atoms with Crippen molar-refractivity contribution in [2.45, 2.75) is 25.6 Å². The zero-order valence-corrected chi connectivity index (χ0v) is 19.1. The number of alkyl halides is 2. The van der Waals surface area contributed by atoms with Crippen LogP contribution in [0.15, 0.2) is 48.5 Å². The highest BCUT2D eigenvalue weighted by Crippen LogP contribution is 2.30. The molecule has 0 unspecified atom stereocenters. The molecule has 4 rings (SSSR count). The van der Waals surface area contributed by atoms with Gasteiger partial charge in [-0.05, 0) is 42.3 Å². The van der Waals surface area contributed by atoms with Crippen LogP contribution in [0.25, 0.3) is 0 Å². The molecule has 0 bridgehead atoms. The Kier molecular flexibility index (Phi) is 7.27. The normalized spacial score (nSPS) is 20.7. The monoisotopic (exact) mass is 488 g/mol. The molecule has 4 amide bonds. The number of urea groups is 1. The third-order valence-corrected chi connectivity index (χ3v) is 5.98. The number of amides is 4. The molecule has 2 aromatic carbocycles. The topological polar surface area (TPSA) is 100 Å². The molecule has 11 heteroatoms. The lowest BCUT2D eigenvalue weighted by molar-refractivity contribution is -0.133. The number of nitrogens with one attached hydrogen (secondary N) is 2. The molecule has 186 valence electrons. The van der Waals surface area contributed by atoms with E-state index in [4.69, 9.17) is 4.74 Å². The van der Waals surface area contributed by atoms with E-state index >= 15 is 0 Å². The summed E-state index contributed by atoms with van der Waals surface area (Å²) in [5.41, 5.74) is 0.572. The molecule has 2 aliphatic rings. The Hall–Kier alpha value is -3.57. The minimum Gasteiger partial charge on any atom is -0.435 e. The molecule has 0 aromatic heterocycles. The molecule has 0 saturated carbocycles. The van der Waals surface area contributed by atoms with E-state index in [1.54, 1.807) is 12.1 Å². The van der Waals surface area contributed by atoms with Crippen LogP contribution in [0.3, 0.4) is 0 Å². The summed E-state index contributed by atoms with van der Waals surface area (Å²) in [5.74, 6) is -1.23. The smallest absolute Gasteiger partial charge is 0.387 e. The lowest BCUT2D eigenvalue weighted by Gasteiger charge is -2.26. The molecule has 0 radical (unpaired) electrons. The van der Waals surface area contributed by atoms with Gasteiger partial charge in [0.2, 0.25) is 5.91 Å². The molecular formula is C24H26F2N4O5. The van der Waals surface area contributed by atoms with Crippen molar-refractivity contribution < 1.29 is 32.6 Å². The number of anilines is 1. The first-order valence-electron chi connectivity index (χ1n) is 11.1. The van der Waals surface area contributed by atoms with Gasteiger partial charge in [-0.25, -0.2) is 4.79 Å². The average Bonchev–Trinajstić information content (AvgIpc) is 3.05. The van der Waals surface area contributed by atoms with E-state index < -0.39 is 36.5 Å². The molecule has 2 N–H and O–H groups in total. The molecule has 2 fully saturated rings. The van der Waals surface area contributed by atoms with Crippen molar-refractivity contribution >= 4 is 23.5 Å². The molecule has 1 atom stereocenters. The van der Waals surface area contributed by atoms with Gasteiger partial charge < -0.3 is 20.1 Å². The van der Waals surface area contributed by atoms with E-state index in [-0.39, 0.29) is 5.75 Å². The van der Waals surface area contributed by atoms with Gasteiger partial charge in [-0.1, -0.05) is 24.3 Å². The lowest BCUT2D eigenvalue weighted by atomic mass is 9.92. The van der Waals surface area contributed by atoms with Crippen molar-refractivity contribution in [2.75, 3.05) is 38.2 Å². The first-order chi connectivity index (χ1) is 16.7. The fourth-order valence-corrected chi connectivity index (χ4v) is 4.06. The number of morpholine rings is 1. The number of benzene rings is 2. The van der Waals surface area contributed by atoms with E-state index in [1.807, 2.05) is 12.1 Å². The number of rotatable bonds is 8. The fourth-order valence-electron chi connectivity index (χ4n) is 4.06. The predicted octanol–water partition coefficient (Wildman–Crippen LogP) is 2.53. The Balaban J connectivity index is 1.35. The first kappa shape index (κ1) is 24.6. The molecule has 2 aliphatic heterocycles. The summed E-state index contributed by atoms with van der Waals surface area (Å²) in [7, 11) is 0. The number of ether oxygens (including phenoxy) is 2. The molecule has 2 saturated heterocycles. The van der Waals surface area contributed by atoms with Gasteiger partial charge in [0.1, 0.15) is 17.8 Å². The first-order valence-corrected chi connectivity index (χ1v) is 11.1. The van der Waals surface area contributed by atoms with Gasteiger partial charge >= 0.3 is 12.6 Å². The maximum atomic E-state index is 13.0. The molecule has 35 heavy (non-hydrogen) atoms. The van der Waals surface area contributed by atoms with Crippen LogP contribution in [-0.2, 0) is 26.4 Å². The number of carbonyl (C=O) groups excluding carboxylic acids is 3. The standard InChI is InChI=1S/C24H26F2N4O5/c1-24(17-4-8-19(9-5-17)35-22(25)26)21(32)30(23(33)28-24)15-20(31)27-18-6-2-16(3-7-18)14-29-10-12-34-13-11-29/h2-9,22H,10-15H2,1H3,(H,27,31)(H,28,33)/t24-/m1/s1. The molecular weight excluding hydrogens is 462 g/mol. The van der Waals surface area contributed by atoms with Crippen molar-refractivity contribution in [3.05, 3.63) is 59.7 Å². The van der Waals surface area contributed by atoms with Crippen LogP contribution in [0.2, 0.25) is 0 Å². The Morgan fingerprint density at radius 2 is 1.77 bits per heavy atom. The Labute approximate surface area is 201 Å². The number of hydrogen-bond donors (Lipinski definition) is 2. The summed E-state index contributed by atoms with van der Waals surface area (Å²) in [6.45, 7) is 2.01. The van der Waals surface area contributed by atoms with Crippen LogP contribution in [0, 0.1) is 0 Å². The Morgan fingerprint density at radius 1 is 1.11 bits per heavy atom. The van der Waals surface area contributed by atoms with Crippen molar-refractivity contribution in [3.63, 3.8) is 0 Å².